The Morgan fingerprint density at radius 1 is 1.22 bits per heavy atom. The molecule has 0 bridgehead atoms. The minimum Gasteiger partial charge on any atom is -0.368 e. The van der Waals surface area contributed by atoms with Gasteiger partial charge in [-0.2, -0.15) is 0 Å². The molecule has 1 aromatic carbocycles. The van der Waals surface area contributed by atoms with E-state index in [4.69, 9.17) is 4.74 Å². The number of benzene rings is 1. The van der Waals surface area contributed by atoms with E-state index in [-0.39, 0.29) is 12.4 Å². The van der Waals surface area contributed by atoms with Gasteiger partial charge in [-0.05, 0) is 42.5 Å². The van der Waals surface area contributed by atoms with Crippen molar-refractivity contribution < 1.29 is 9.53 Å². The molecule has 1 heterocycles. The van der Waals surface area contributed by atoms with Crippen LogP contribution in [0.3, 0.4) is 0 Å². The van der Waals surface area contributed by atoms with Crippen molar-refractivity contribution in [2.75, 3.05) is 6.61 Å². The van der Waals surface area contributed by atoms with E-state index >= 15 is 0 Å². The van der Waals surface area contributed by atoms with Gasteiger partial charge in [-0.1, -0.05) is 18.2 Å². The minimum absolute atomic E-state index is 0.0367. The molecule has 0 saturated carbocycles. The second-order valence-electron chi connectivity index (χ2n) is 4.29. The third-order valence-corrected chi connectivity index (χ3v) is 3.74. The zero-order valence-electron chi connectivity index (χ0n) is 10.6. The molecule has 0 atom stereocenters. The molecule has 0 saturated heterocycles. The Morgan fingerprint density at radius 2 is 2.06 bits per heavy atom. The first kappa shape index (κ1) is 13.0. The maximum Gasteiger partial charge on any atom is 0.188 e. The summed E-state index contributed by atoms with van der Waals surface area (Å²) in [4.78, 5) is 13.1. The second-order valence-corrected chi connectivity index (χ2v) is 5.33. The number of rotatable bonds is 5. The third-order valence-electron chi connectivity index (χ3n) is 2.89. The summed E-state index contributed by atoms with van der Waals surface area (Å²) in [5.41, 5.74) is 3.06. The first-order chi connectivity index (χ1) is 8.66. The van der Waals surface area contributed by atoms with Crippen molar-refractivity contribution in [1.82, 2.24) is 0 Å². The summed E-state index contributed by atoms with van der Waals surface area (Å²) < 4.78 is 5.43. The van der Waals surface area contributed by atoms with E-state index in [1.165, 1.54) is 5.56 Å². The fourth-order valence-corrected chi connectivity index (χ4v) is 2.28. The predicted octanol–water partition coefficient (Wildman–Crippen LogP) is 3.76. The third kappa shape index (κ3) is 3.28. The summed E-state index contributed by atoms with van der Waals surface area (Å²) in [6.07, 6.45) is 0. The van der Waals surface area contributed by atoms with Gasteiger partial charge in [0.25, 0.3) is 0 Å². The summed E-state index contributed by atoms with van der Waals surface area (Å²) in [6.45, 7) is 4.70. The Labute approximate surface area is 111 Å². The molecule has 0 amide bonds. The number of thiophene rings is 1. The number of carbonyl (C=O) groups excluding carboxylic acids is 1. The van der Waals surface area contributed by atoms with Crippen LogP contribution in [-0.4, -0.2) is 12.4 Å². The van der Waals surface area contributed by atoms with Crippen LogP contribution in [0.25, 0.3) is 0 Å². The van der Waals surface area contributed by atoms with Gasteiger partial charge in [0.1, 0.15) is 6.61 Å². The zero-order chi connectivity index (χ0) is 13.0. The van der Waals surface area contributed by atoms with Crippen LogP contribution in [0.15, 0.2) is 35.7 Å². The van der Waals surface area contributed by atoms with Crippen LogP contribution >= 0.6 is 11.3 Å². The number of hydrogen-bond donors (Lipinski definition) is 0. The van der Waals surface area contributed by atoms with Gasteiger partial charge in [0.2, 0.25) is 0 Å². The molecular formula is C15H16O2S. The average molecular weight is 260 g/mol. The molecule has 0 spiro atoms. The fourth-order valence-electron chi connectivity index (χ4n) is 1.64. The summed E-state index contributed by atoms with van der Waals surface area (Å²) in [5.74, 6) is 0.0367. The smallest absolute Gasteiger partial charge is 0.188 e. The highest BCUT2D eigenvalue weighted by atomic mass is 32.1. The van der Waals surface area contributed by atoms with Crippen molar-refractivity contribution in [2.24, 2.45) is 0 Å². The molecule has 0 radical (unpaired) electrons. The van der Waals surface area contributed by atoms with Gasteiger partial charge in [-0.3, -0.25) is 4.79 Å². The van der Waals surface area contributed by atoms with Crippen LogP contribution < -0.4 is 0 Å². The lowest BCUT2D eigenvalue weighted by Gasteiger charge is -2.05. The van der Waals surface area contributed by atoms with Crippen LogP contribution in [0.4, 0.5) is 0 Å². The van der Waals surface area contributed by atoms with Gasteiger partial charge in [-0.15, -0.1) is 11.3 Å². The maximum atomic E-state index is 11.9. The average Bonchev–Trinajstić information content (AvgIpc) is 2.85. The minimum atomic E-state index is 0.0367. The van der Waals surface area contributed by atoms with E-state index in [1.54, 1.807) is 11.3 Å². The molecular weight excluding hydrogens is 244 g/mol. The fraction of sp³-hybridized carbons (Fsp3) is 0.267. The van der Waals surface area contributed by atoms with Crippen LogP contribution in [0, 0.1) is 13.8 Å². The Bertz CT molecular complexity index is 529. The summed E-state index contributed by atoms with van der Waals surface area (Å²) in [7, 11) is 0. The number of carbonyl (C=O) groups is 1. The molecule has 18 heavy (non-hydrogen) atoms. The topological polar surface area (TPSA) is 26.3 Å². The number of ether oxygens (including phenoxy) is 1. The first-order valence-corrected chi connectivity index (χ1v) is 6.75. The lowest BCUT2D eigenvalue weighted by atomic mass is 10.0. The van der Waals surface area contributed by atoms with E-state index in [1.807, 2.05) is 49.6 Å². The Balaban J connectivity index is 1.89. The van der Waals surface area contributed by atoms with Gasteiger partial charge in [-0.25, -0.2) is 0 Å². The molecule has 1 aromatic heterocycles. The van der Waals surface area contributed by atoms with Crippen molar-refractivity contribution in [3.05, 3.63) is 57.3 Å². The van der Waals surface area contributed by atoms with E-state index < -0.39 is 0 Å². The molecule has 0 aliphatic rings. The van der Waals surface area contributed by atoms with Crippen molar-refractivity contribution in [3.63, 3.8) is 0 Å². The van der Waals surface area contributed by atoms with E-state index in [2.05, 4.69) is 0 Å². The lowest BCUT2D eigenvalue weighted by Crippen LogP contribution is -2.09. The highest BCUT2D eigenvalue weighted by Crippen LogP contribution is 2.12. The number of aryl methyl sites for hydroxylation is 2. The van der Waals surface area contributed by atoms with Gasteiger partial charge < -0.3 is 4.74 Å². The van der Waals surface area contributed by atoms with E-state index in [0.29, 0.717) is 6.61 Å². The monoisotopic (exact) mass is 260 g/mol. The van der Waals surface area contributed by atoms with Gasteiger partial charge in [0.05, 0.1) is 6.61 Å². The highest BCUT2D eigenvalue weighted by Gasteiger charge is 2.07. The predicted molar refractivity (Wildman–Crippen MR) is 74.2 cm³/mol. The normalized spacial score (nSPS) is 10.6. The largest absolute Gasteiger partial charge is 0.368 e. The molecule has 0 unspecified atom stereocenters. The van der Waals surface area contributed by atoms with Gasteiger partial charge in [0, 0.05) is 10.4 Å². The van der Waals surface area contributed by atoms with E-state index in [9.17, 15) is 4.79 Å². The van der Waals surface area contributed by atoms with Crippen LogP contribution in [0.1, 0.15) is 26.4 Å². The standard InChI is InChI=1S/C15H16O2S/c1-11-5-6-13(8-12(11)2)15(16)10-17-9-14-4-3-7-18-14/h3-8H,9-10H2,1-2H3. The maximum absolute atomic E-state index is 11.9. The van der Waals surface area contributed by atoms with Crippen molar-refractivity contribution in [1.29, 1.82) is 0 Å². The number of ketones is 1. The molecule has 2 rings (SSSR count). The first-order valence-electron chi connectivity index (χ1n) is 5.87. The van der Waals surface area contributed by atoms with Gasteiger partial charge in [0.15, 0.2) is 5.78 Å². The van der Waals surface area contributed by atoms with Crippen molar-refractivity contribution >= 4 is 17.1 Å². The lowest BCUT2D eigenvalue weighted by molar-refractivity contribution is 0.0731. The molecule has 0 aliphatic heterocycles. The zero-order valence-corrected chi connectivity index (χ0v) is 11.4. The number of hydrogen-bond acceptors (Lipinski definition) is 3. The van der Waals surface area contributed by atoms with Crippen LogP contribution in [0.2, 0.25) is 0 Å². The Hall–Kier alpha value is -1.45. The summed E-state index contributed by atoms with van der Waals surface area (Å²) >= 11 is 1.64. The summed E-state index contributed by atoms with van der Waals surface area (Å²) in [6, 6.07) is 9.74. The van der Waals surface area contributed by atoms with Gasteiger partial charge >= 0.3 is 0 Å². The Morgan fingerprint density at radius 3 is 2.72 bits per heavy atom. The molecule has 0 N–H and O–H groups in total. The molecule has 0 aliphatic carbocycles. The van der Waals surface area contributed by atoms with Crippen molar-refractivity contribution in [2.45, 2.75) is 20.5 Å². The SMILES string of the molecule is Cc1ccc(C(=O)COCc2cccs2)cc1C. The summed E-state index contributed by atoms with van der Waals surface area (Å²) in [5, 5.41) is 2.00. The quantitative estimate of drug-likeness (QED) is 0.765. The van der Waals surface area contributed by atoms with Crippen molar-refractivity contribution in [3.8, 4) is 0 Å². The van der Waals surface area contributed by atoms with E-state index in [0.717, 1.165) is 16.0 Å². The molecule has 2 aromatic rings. The highest BCUT2D eigenvalue weighted by molar-refractivity contribution is 7.09. The Kier molecular flexibility index (Phi) is 4.28. The number of Topliss-reactive ketones (excluding diaryl/α,β-unsaturated/α-hetero) is 1. The van der Waals surface area contributed by atoms with Crippen LogP contribution in [0.5, 0.6) is 0 Å². The molecule has 94 valence electrons. The van der Waals surface area contributed by atoms with Crippen LogP contribution in [-0.2, 0) is 11.3 Å². The molecule has 3 heteroatoms. The molecule has 2 nitrogen and oxygen atoms in total. The molecule has 0 fully saturated rings. The second kappa shape index (κ2) is 5.94.